The van der Waals surface area contributed by atoms with Crippen LogP contribution in [0, 0.1) is 5.92 Å². The van der Waals surface area contributed by atoms with Gasteiger partial charge in [0.25, 0.3) is 0 Å². The van der Waals surface area contributed by atoms with Crippen molar-refractivity contribution in [3.63, 3.8) is 0 Å². The maximum atomic E-state index is 12.2. The first kappa shape index (κ1) is 15.4. The number of nitrogens with one attached hydrogen (secondary N) is 1. The SMILES string of the molecule is CC1CCCC(NC(=O)Cc2ccc(N)cc2)(C(=O)O)C1. The third-order valence-electron chi connectivity index (χ3n) is 4.13. The third kappa shape index (κ3) is 3.74. The highest BCUT2D eigenvalue weighted by Crippen LogP contribution is 2.32. The molecule has 1 saturated carbocycles. The molecule has 0 bridgehead atoms. The number of hydrogen-bond acceptors (Lipinski definition) is 3. The third-order valence-corrected chi connectivity index (χ3v) is 4.13. The Hall–Kier alpha value is -2.04. The molecule has 0 radical (unpaired) electrons. The van der Waals surface area contributed by atoms with E-state index in [0.29, 0.717) is 24.4 Å². The molecule has 5 heteroatoms. The lowest BCUT2D eigenvalue weighted by atomic mass is 9.76. The van der Waals surface area contributed by atoms with Crippen molar-refractivity contribution in [2.24, 2.45) is 5.92 Å². The van der Waals surface area contributed by atoms with Crippen molar-refractivity contribution in [2.45, 2.75) is 44.6 Å². The molecular formula is C16H22N2O3. The summed E-state index contributed by atoms with van der Waals surface area (Å²) in [4.78, 5) is 23.8. The Labute approximate surface area is 124 Å². The second-order valence-corrected chi connectivity index (χ2v) is 6.06. The first-order valence-corrected chi connectivity index (χ1v) is 7.30. The van der Waals surface area contributed by atoms with E-state index < -0.39 is 11.5 Å². The summed E-state index contributed by atoms with van der Waals surface area (Å²) >= 11 is 0. The van der Waals surface area contributed by atoms with E-state index in [9.17, 15) is 14.7 Å². The summed E-state index contributed by atoms with van der Waals surface area (Å²) in [6, 6.07) is 7.04. The van der Waals surface area contributed by atoms with Gasteiger partial charge in [-0.2, -0.15) is 0 Å². The summed E-state index contributed by atoms with van der Waals surface area (Å²) in [5.74, 6) is -0.873. The monoisotopic (exact) mass is 290 g/mol. The van der Waals surface area contributed by atoms with Crippen LogP contribution < -0.4 is 11.1 Å². The minimum absolute atomic E-state index is 0.170. The van der Waals surface area contributed by atoms with Crippen molar-refractivity contribution in [3.05, 3.63) is 29.8 Å². The van der Waals surface area contributed by atoms with Gasteiger partial charge in [-0.1, -0.05) is 31.9 Å². The van der Waals surface area contributed by atoms with Gasteiger partial charge in [0.1, 0.15) is 5.54 Å². The van der Waals surface area contributed by atoms with Crippen LogP contribution >= 0.6 is 0 Å². The van der Waals surface area contributed by atoms with Crippen molar-refractivity contribution in [2.75, 3.05) is 5.73 Å². The molecular weight excluding hydrogens is 268 g/mol. The molecule has 0 heterocycles. The van der Waals surface area contributed by atoms with Crippen LogP contribution in [0.2, 0.25) is 0 Å². The molecule has 1 aliphatic carbocycles. The second kappa shape index (κ2) is 6.16. The molecule has 1 aromatic carbocycles. The van der Waals surface area contributed by atoms with Crippen LogP contribution in [0.4, 0.5) is 5.69 Å². The van der Waals surface area contributed by atoms with Crippen molar-refractivity contribution < 1.29 is 14.7 Å². The molecule has 0 aliphatic heterocycles. The molecule has 0 spiro atoms. The molecule has 21 heavy (non-hydrogen) atoms. The van der Waals surface area contributed by atoms with E-state index in [2.05, 4.69) is 5.32 Å². The predicted molar refractivity (Wildman–Crippen MR) is 80.7 cm³/mol. The Morgan fingerprint density at radius 3 is 2.62 bits per heavy atom. The summed E-state index contributed by atoms with van der Waals surface area (Å²) in [7, 11) is 0. The molecule has 0 saturated heterocycles. The molecule has 1 fully saturated rings. The van der Waals surface area contributed by atoms with Gasteiger partial charge in [-0.15, -0.1) is 0 Å². The smallest absolute Gasteiger partial charge is 0.329 e. The van der Waals surface area contributed by atoms with Gasteiger partial charge in [-0.05, 0) is 36.5 Å². The second-order valence-electron chi connectivity index (χ2n) is 6.06. The number of anilines is 1. The molecule has 114 valence electrons. The van der Waals surface area contributed by atoms with E-state index in [-0.39, 0.29) is 12.3 Å². The van der Waals surface area contributed by atoms with E-state index in [0.717, 1.165) is 18.4 Å². The zero-order valence-electron chi connectivity index (χ0n) is 12.3. The Morgan fingerprint density at radius 2 is 2.05 bits per heavy atom. The van der Waals surface area contributed by atoms with Crippen molar-refractivity contribution in [1.82, 2.24) is 5.32 Å². The molecule has 1 aliphatic rings. The maximum Gasteiger partial charge on any atom is 0.329 e. The summed E-state index contributed by atoms with van der Waals surface area (Å²) in [6.45, 7) is 2.03. The lowest BCUT2D eigenvalue weighted by Crippen LogP contribution is -2.57. The average Bonchev–Trinajstić information content (AvgIpc) is 2.41. The Bertz CT molecular complexity index is 527. The number of aliphatic carboxylic acids is 1. The largest absolute Gasteiger partial charge is 0.480 e. The van der Waals surface area contributed by atoms with Crippen LogP contribution in [0.25, 0.3) is 0 Å². The number of carbonyl (C=O) groups excluding carboxylic acids is 1. The number of hydrogen-bond donors (Lipinski definition) is 3. The van der Waals surface area contributed by atoms with Gasteiger partial charge in [0.2, 0.25) is 5.91 Å². The fourth-order valence-corrected chi connectivity index (χ4v) is 3.04. The fourth-order valence-electron chi connectivity index (χ4n) is 3.04. The fraction of sp³-hybridized carbons (Fsp3) is 0.500. The standard InChI is InChI=1S/C16H22N2O3/c1-11-3-2-8-16(10-11,15(20)21)18-14(19)9-12-4-6-13(17)7-5-12/h4-7,11H,2-3,8-10,17H2,1H3,(H,18,19)(H,20,21). The molecule has 1 aromatic rings. The van der Waals surface area contributed by atoms with Crippen LogP contribution in [0.1, 0.15) is 38.2 Å². The van der Waals surface area contributed by atoms with Gasteiger partial charge in [0.05, 0.1) is 6.42 Å². The topological polar surface area (TPSA) is 92.4 Å². The number of carboxylic acids is 1. The zero-order valence-corrected chi connectivity index (χ0v) is 12.3. The first-order valence-electron chi connectivity index (χ1n) is 7.30. The highest BCUT2D eigenvalue weighted by molar-refractivity contribution is 5.88. The first-order chi connectivity index (χ1) is 9.91. The molecule has 5 nitrogen and oxygen atoms in total. The average molecular weight is 290 g/mol. The van der Waals surface area contributed by atoms with Crippen LogP contribution in [-0.4, -0.2) is 22.5 Å². The van der Waals surface area contributed by atoms with Crippen molar-refractivity contribution in [3.8, 4) is 0 Å². The number of carboxylic acid groups (broad SMARTS) is 1. The number of carbonyl (C=O) groups is 2. The Morgan fingerprint density at radius 1 is 1.38 bits per heavy atom. The minimum Gasteiger partial charge on any atom is -0.480 e. The van der Waals surface area contributed by atoms with Gasteiger partial charge in [0, 0.05) is 5.69 Å². The normalized spacial score (nSPS) is 25.3. The molecule has 2 atom stereocenters. The van der Waals surface area contributed by atoms with Crippen LogP contribution in [0.15, 0.2) is 24.3 Å². The Balaban J connectivity index is 2.05. The van der Waals surface area contributed by atoms with E-state index in [1.807, 2.05) is 6.92 Å². The number of benzene rings is 1. The maximum absolute atomic E-state index is 12.2. The Kier molecular flexibility index (Phi) is 4.50. The summed E-state index contributed by atoms with van der Waals surface area (Å²) < 4.78 is 0. The van der Waals surface area contributed by atoms with E-state index in [1.165, 1.54) is 0 Å². The quantitative estimate of drug-likeness (QED) is 0.739. The van der Waals surface area contributed by atoms with Crippen molar-refractivity contribution >= 4 is 17.6 Å². The molecule has 2 rings (SSSR count). The highest BCUT2D eigenvalue weighted by atomic mass is 16.4. The molecule has 0 aromatic heterocycles. The summed E-state index contributed by atoms with van der Waals surface area (Å²) in [5.41, 5.74) is 5.96. The number of amides is 1. The highest BCUT2D eigenvalue weighted by Gasteiger charge is 2.42. The summed E-state index contributed by atoms with van der Waals surface area (Å²) in [6.07, 6.45) is 3.01. The van der Waals surface area contributed by atoms with Gasteiger partial charge >= 0.3 is 5.97 Å². The van der Waals surface area contributed by atoms with Gasteiger partial charge in [0.15, 0.2) is 0 Å². The van der Waals surface area contributed by atoms with Crippen molar-refractivity contribution in [1.29, 1.82) is 0 Å². The predicted octanol–water partition coefficient (Wildman–Crippen LogP) is 1.96. The van der Waals surface area contributed by atoms with Crippen LogP contribution in [0.3, 0.4) is 0 Å². The molecule has 4 N–H and O–H groups in total. The molecule has 2 unspecified atom stereocenters. The van der Waals surface area contributed by atoms with Gasteiger partial charge in [-0.3, -0.25) is 4.79 Å². The number of nitrogen functional groups attached to an aromatic ring is 1. The van der Waals surface area contributed by atoms with Crippen LogP contribution in [-0.2, 0) is 16.0 Å². The minimum atomic E-state index is -1.11. The van der Waals surface area contributed by atoms with E-state index in [1.54, 1.807) is 24.3 Å². The summed E-state index contributed by atoms with van der Waals surface area (Å²) in [5, 5.41) is 12.3. The van der Waals surface area contributed by atoms with E-state index >= 15 is 0 Å². The molecule has 1 amide bonds. The van der Waals surface area contributed by atoms with Gasteiger partial charge < -0.3 is 16.2 Å². The lowest BCUT2D eigenvalue weighted by molar-refractivity contribution is -0.150. The number of nitrogens with two attached hydrogens (primary N) is 1. The van der Waals surface area contributed by atoms with Crippen LogP contribution in [0.5, 0.6) is 0 Å². The van der Waals surface area contributed by atoms with Gasteiger partial charge in [-0.25, -0.2) is 4.79 Å². The lowest BCUT2D eigenvalue weighted by Gasteiger charge is -2.37. The van der Waals surface area contributed by atoms with E-state index in [4.69, 9.17) is 5.73 Å². The zero-order chi connectivity index (χ0) is 15.5. The number of rotatable bonds is 4.